The van der Waals surface area contributed by atoms with Crippen LogP contribution in [0.15, 0.2) is 52.9 Å². The molecule has 0 fully saturated rings. The van der Waals surface area contributed by atoms with Crippen LogP contribution in [0.4, 0.5) is 0 Å². The van der Waals surface area contributed by atoms with Crippen molar-refractivity contribution in [1.82, 2.24) is 0 Å². The minimum absolute atomic E-state index is 0.475. The van der Waals surface area contributed by atoms with Crippen LogP contribution in [0.5, 0.6) is 0 Å². The minimum Gasteiger partial charge on any atom is -0.458 e. The van der Waals surface area contributed by atoms with E-state index >= 15 is 0 Å². The minimum atomic E-state index is -1.06. The van der Waals surface area contributed by atoms with Crippen molar-refractivity contribution in [2.24, 2.45) is 0 Å². The summed E-state index contributed by atoms with van der Waals surface area (Å²) in [6.45, 7) is 3.78. The third kappa shape index (κ3) is 2.82. The molecular formula is C18H17ClO2. The molecule has 1 atom stereocenters. The van der Waals surface area contributed by atoms with E-state index in [0.29, 0.717) is 17.2 Å². The molecule has 2 aromatic carbocycles. The Labute approximate surface area is 129 Å². The van der Waals surface area contributed by atoms with Gasteiger partial charge in [-0.2, -0.15) is 0 Å². The zero-order valence-electron chi connectivity index (χ0n) is 12.1. The standard InChI is InChI=1S/C18H17ClO2/c1-12-4-3-5-14-10-16(21-17(12)14)18(2,20)11-13-6-8-15(19)9-7-13/h3-10,20H,11H2,1-2H3. The van der Waals surface area contributed by atoms with Crippen molar-refractivity contribution in [3.8, 4) is 0 Å². The van der Waals surface area contributed by atoms with E-state index < -0.39 is 5.60 Å². The van der Waals surface area contributed by atoms with Gasteiger partial charge >= 0.3 is 0 Å². The maximum absolute atomic E-state index is 10.8. The number of fused-ring (bicyclic) bond motifs is 1. The molecule has 1 aromatic heterocycles. The Morgan fingerprint density at radius 1 is 1.14 bits per heavy atom. The first kappa shape index (κ1) is 14.2. The van der Waals surface area contributed by atoms with Gasteiger partial charge in [0.25, 0.3) is 0 Å². The van der Waals surface area contributed by atoms with Crippen LogP contribution in [0.1, 0.15) is 23.8 Å². The maximum Gasteiger partial charge on any atom is 0.137 e. The van der Waals surface area contributed by atoms with E-state index in [0.717, 1.165) is 22.1 Å². The highest BCUT2D eigenvalue weighted by atomic mass is 35.5. The summed E-state index contributed by atoms with van der Waals surface area (Å²) in [4.78, 5) is 0. The molecule has 0 aliphatic carbocycles. The highest BCUT2D eigenvalue weighted by molar-refractivity contribution is 6.30. The van der Waals surface area contributed by atoms with Gasteiger partial charge in [-0.25, -0.2) is 0 Å². The molecule has 0 spiro atoms. The van der Waals surface area contributed by atoms with Crippen molar-refractivity contribution >= 4 is 22.6 Å². The first-order chi connectivity index (χ1) is 9.95. The normalized spacial score (nSPS) is 14.3. The lowest BCUT2D eigenvalue weighted by atomic mass is 9.94. The van der Waals surface area contributed by atoms with Crippen LogP contribution in [-0.4, -0.2) is 5.11 Å². The molecule has 21 heavy (non-hydrogen) atoms. The van der Waals surface area contributed by atoms with Gasteiger partial charge < -0.3 is 9.52 Å². The summed E-state index contributed by atoms with van der Waals surface area (Å²) in [5.74, 6) is 0.585. The Hall–Kier alpha value is -1.77. The molecule has 2 nitrogen and oxygen atoms in total. The number of para-hydroxylation sites is 1. The quantitative estimate of drug-likeness (QED) is 0.750. The van der Waals surface area contributed by atoms with Crippen LogP contribution in [0.3, 0.4) is 0 Å². The molecule has 0 saturated heterocycles. The second kappa shape index (κ2) is 5.21. The molecule has 0 aliphatic heterocycles. The van der Waals surface area contributed by atoms with Crippen LogP contribution >= 0.6 is 11.6 Å². The summed E-state index contributed by atoms with van der Waals surface area (Å²) in [5.41, 5.74) is 1.87. The smallest absolute Gasteiger partial charge is 0.137 e. The number of benzene rings is 2. The molecule has 108 valence electrons. The molecule has 1 N–H and O–H groups in total. The van der Waals surface area contributed by atoms with E-state index in [4.69, 9.17) is 16.0 Å². The first-order valence-electron chi connectivity index (χ1n) is 6.92. The number of hydrogen-bond donors (Lipinski definition) is 1. The van der Waals surface area contributed by atoms with Crippen molar-refractivity contribution in [1.29, 1.82) is 0 Å². The Morgan fingerprint density at radius 3 is 2.52 bits per heavy atom. The first-order valence-corrected chi connectivity index (χ1v) is 7.30. The molecule has 0 bridgehead atoms. The molecule has 1 unspecified atom stereocenters. The second-order valence-corrected chi connectivity index (χ2v) is 6.12. The zero-order valence-corrected chi connectivity index (χ0v) is 12.8. The average Bonchev–Trinajstić information content (AvgIpc) is 2.88. The van der Waals surface area contributed by atoms with E-state index in [9.17, 15) is 5.11 Å². The van der Waals surface area contributed by atoms with Gasteiger partial charge in [-0.15, -0.1) is 0 Å². The van der Waals surface area contributed by atoms with Crippen molar-refractivity contribution in [3.05, 3.63) is 70.4 Å². The molecule has 0 radical (unpaired) electrons. The maximum atomic E-state index is 10.8. The fraction of sp³-hybridized carbons (Fsp3) is 0.222. The highest BCUT2D eigenvalue weighted by Gasteiger charge is 2.28. The predicted octanol–water partition coefficient (Wildman–Crippen LogP) is 4.84. The van der Waals surface area contributed by atoms with Crippen LogP contribution in [0, 0.1) is 6.92 Å². The lowest BCUT2D eigenvalue weighted by Crippen LogP contribution is -2.23. The van der Waals surface area contributed by atoms with Gasteiger partial charge in [0.2, 0.25) is 0 Å². The van der Waals surface area contributed by atoms with Gasteiger partial charge in [0, 0.05) is 16.8 Å². The lowest BCUT2D eigenvalue weighted by molar-refractivity contribution is 0.0360. The van der Waals surface area contributed by atoms with E-state index in [2.05, 4.69) is 0 Å². The number of aliphatic hydroxyl groups is 1. The van der Waals surface area contributed by atoms with E-state index in [1.165, 1.54) is 0 Å². The third-order valence-corrected chi connectivity index (χ3v) is 3.99. The van der Waals surface area contributed by atoms with Crippen LogP contribution in [-0.2, 0) is 12.0 Å². The van der Waals surface area contributed by atoms with E-state index in [-0.39, 0.29) is 0 Å². The largest absolute Gasteiger partial charge is 0.458 e. The molecule has 3 heteroatoms. The van der Waals surface area contributed by atoms with Gasteiger partial charge in [0.1, 0.15) is 16.9 Å². The second-order valence-electron chi connectivity index (χ2n) is 5.68. The molecular weight excluding hydrogens is 284 g/mol. The summed E-state index contributed by atoms with van der Waals surface area (Å²) in [7, 11) is 0. The van der Waals surface area contributed by atoms with Crippen molar-refractivity contribution < 1.29 is 9.52 Å². The number of hydrogen-bond acceptors (Lipinski definition) is 2. The molecule has 0 amide bonds. The summed E-state index contributed by atoms with van der Waals surface area (Å²) >= 11 is 5.89. The van der Waals surface area contributed by atoms with Gasteiger partial charge in [-0.3, -0.25) is 0 Å². The SMILES string of the molecule is Cc1cccc2cc(C(C)(O)Cc3ccc(Cl)cc3)oc12. The number of aryl methyl sites for hydroxylation is 1. The van der Waals surface area contributed by atoms with Crippen LogP contribution in [0.25, 0.3) is 11.0 Å². The topological polar surface area (TPSA) is 33.4 Å². The third-order valence-electron chi connectivity index (χ3n) is 3.73. The summed E-state index contributed by atoms with van der Waals surface area (Å²) in [6.07, 6.45) is 0.475. The summed E-state index contributed by atoms with van der Waals surface area (Å²) in [6, 6.07) is 15.4. The Bertz CT molecular complexity index is 770. The lowest BCUT2D eigenvalue weighted by Gasteiger charge is -2.20. The van der Waals surface area contributed by atoms with Gasteiger partial charge in [0.15, 0.2) is 0 Å². The van der Waals surface area contributed by atoms with Crippen LogP contribution in [0.2, 0.25) is 5.02 Å². The fourth-order valence-corrected chi connectivity index (χ4v) is 2.69. The van der Waals surface area contributed by atoms with Crippen molar-refractivity contribution in [2.75, 3.05) is 0 Å². The molecule has 3 rings (SSSR count). The molecule has 0 saturated carbocycles. The Morgan fingerprint density at radius 2 is 1.86 bits per heavy atom. The monoisotopic (exact) mass is 300 g/mol. The Kier molecular flexibility index (Phi) is 3.52. The van der Waals surface area contributed by atoms with Crippen molar-refractivity contribution in [3.63, 3.8) is 0 Å². The number of rotatable bonds is 3. The number of halogens is 1. The van der Waals surface area contributed by atoms with E-state index in [1.807, 2.05) is 55.5 Å². The van der Waals surface area contributed by atoms with Gasteiger partial charge in [-0.1, -0.05) is 41.9 Å². The molecule has 1 heterocycles. The van der Waals surface area contributed by atoms with Gasteiger partial charge in [0.05, 0.1) is 0 Å². The average molecular weight is 301 g/mol. The fourth-order valence-electron chi connectivity index (χ4n) is 2.56. The highest BCUT2D eigenvalue weighted by Crippen LogP contribution is 2.32. The predicted molar refractivity (Wildman–Crippen MR) is 85.7 cm³/mol. The summed E-state index contributed by atoms with van der Waals surface area (Å²) in [5, 5.41) is 12.5. The van der Waals surface area contributed by atoms with Crippen LogP contribution < -0.4 is 0 Å². The number of furan rings is 1. The summed E-state index contributed by atoms with van der Waals surface area (Å²) < 4.78 is 5.88. The zero-order chi connectivity index (χ0) is 15.0. The van der Waals surface area contributed by atoms with Gasteiger partial charge in [-0.05, 0) is 43.2 Å². The molecule has 3 aromatic rings. The molecule has 0 aliphatic rings. The van der Waals surface area contributed by atoms with E-state index in [1.54, 1.807) is 6.92 Å². The Balaban J connectivity index is 1.95. The van der Waals surface area contributed by atoms with Crippen molar-refractivity contribution in [2.45, 2.75) is 25.9 Å².